The molecule has 0 bridgehead atoms. The number of hydrogen-bond donors (Lipinski definition) is 1. The fraction of sp³-hybridized carbons (Fsp3) is 0.438. The fourth-order valence-corrected chi connectivity index (χ4v) is 3.67. The molecule has 1 fully saturated rings. The molecule has 0 atom stereocenters. The van der Waals surface area contributed by atoms with Crippen LogP contribution in [-0.2, 0) is 11.3 Å². The number of aryl methyl sites for hydroxylation is 2. The molecule has 128 valence electrons. The van der Waals surface area contributed by atoms with E-state index in [0.29, 0.717) is 38.8 Å². The van der Waals surface area contributed by atoms with Crippen LogP contribution in [0.5, 0.6) is 0 Å². The molecule has 1 aliphatic heterocycles. The Morgan fingerprint density at radius 3 is 2.83 bits per heavy atom. The lowest BCUT2D eigenvalue weighted by molar-refractivity contribution is 0.0945. The second-order valence-electron chi connectivity index (χ2n) is 5.59. The zero-order chi connectivity index (χ0) is 17.1. The number of ether oxygens (including phenoxy) is 1. The minimum absolute atomic E-state index is 0.206. The van der Waals surface area contributed by atoms with Crippen molar-refractivity contribution in [3.05, 3.63) is 38.3 Å². The molecule has 3 rings (SSSR count). The molecule has 0 aromatic carbocycles. The first-order valence-electron chi connectivity index (χ1n) is 7.74. The standard InChI is InChI=1S/C16H19ClN4O2S/c1-10-7-12(11(2)24-10)8-18-15(22)14-13(17)9-19-16(20-14)21-3-5-23-6-4-21/h7,9H,3-6,8H2,1-2H3,(H,18,22). The van der Waals surface area contributed by atoms with E-state index in [1.54, 1.807) is 11.3 Å². The number of nitrogens with zero attached hydrogens (tertiary/aromatic N) is 3. The highest BCUT2D eigenvalue weighted by atomic mass is 35.5. The highest BCUT2D eigenvalue weighted by Gasteiger charge is 2.19. The molecule has 0 spiro atoms. The third-order valence-corrected chi connectivity index (χ3v) is 5.11. The van der Waals surface area contributed by atoms with Gasteiger partial charge >= 0.3 is 0 Å². The predicted octanol–water partition coefficient (Wildman–Crippen LogP) is 2.57. The monoisotopic (exact) mass is 366 g/mol. The summed E-state index contributed by atoms with van der Waals surface area (Å²) in [6.07, 6.45) is 1.48. The van der Waals surface area contributed by atoms with Gasteiger partial charge in [0.2, 0.25) is 5.95 Å². The Hall–Kier alpha value is -1.70. The van der Waals surface area contributed by atoms with Gasteiger partial charge in [0.25, 0.3) is 5.91 Å². The van der Waals surface area contributed by atoms with E-state index in [4.69, 9.17) is 16.3 Å². The minimum Gasteiger partial charge on any atom is -0.378 e. The summed E-state index contributed by atoms with van der Waals surface area (Å²) in [7, 11) is 0. The van der Waals surface area contributed by atoms with E-state index in [1.807, 2.05) is 11.8 Å². The largest absolute Gasteiger partial charge is 0.378 e. The lowest BCUT2D eigenvalue weighted by Gasteiger charge is -2.26. The first-order valence-corrected chi connectivity index (χ1v) is 8.93. The van der Waals surface area contributed by atoms with Gasteiger partial charge in [-0.05, 0) is 25.5 Å². The normalized spacial score (nSPS) is 14.7. The molecule has 1 aliphatic rings. The molecular formula is C16H19ClN4O2S. The van der Waals surface area contributed by atoms with Crippen LogP contribution in [0.3, 0.4) is 0 Å². The van der Waals surface area contributed by atoms with Crippen molar-refractivity contribution in [3.63, 3.8) is 0 Å². The first kappa shape index (κ1) is 17.1. The maximum absolute atomic E-state index is 12.5. The minimum atomic E-state index is -0.292. The van der Waals surface area contributed by atoms with E-state index in [-0.39, 0.29) is 16.6 Å². The Bertz CT molecular complexity index is 744. The van der Waals surface area contributed by atoms with Crippen LogP contribution in [0.25, 0.3) is 0 Å². The molecule has 3 heterocycles. The molecule has 8 heteroatoms. The smallest absolute Gasteiger partial charge is 0.271 e. The Morgan fingerprint density at radius 2 is 2.17 bits per heavy atom. The lowest BCUT2D eigenvalue weighted by atomic mass is 10.2. The molecule has 1 amide bonds. The van der Waals surface area contributed by atoms with E-state index in [1.165, 1.54) is 16.0 Å². The molecule has 2 aromatic heterocycles. The average molecular weight is 367 g/mol. The van der Waals surface area contributed by atoms with Gasteiger partial charge in [0, 0.05) is 29.4 Å². The Balaban J connectivity index is 1.72. The molecule has 1 saturated heterocycles. The van der Waals surface area contributed by atoms with E-state index >= 15 is 0 Å². The van der Waals surface area contributed by atoms with E-state index < -0.39 is 0 Å². The Kier molecular flexibility index (Phi) is 5.33. The molecule has 0 radical (unpaired) electrons. The number of nitrogens with one attached hydrogen (secondary N) is 1. The predicted molar refractivity (Wildman–Crippen MR) is 95.0 cm³/mol. The van der Waals surface area contributed by atoms with Crippen LogP contribution in [0.4, 0.5) is 5.95 Å². The number of thiophene rings is 1. The number of carbonyl (C=O) groups excluding carboxylic acids is 1. The van der Waals surface area contributed by atoms with Crippen molar-refractivity contribution in [2.45, 2.75) is 20.4 Å². The summed E-state index contributed by atoms with van der Waals surface area (Å²) in [6, 6.07) is 2.08. The topological polar surface area (TPSA) is 67.4 Å². The number of carbonyl (C=O) groups is 1. The van der Waals surface area contributed by atoms with Gasteiger partial charge in [-0.1, -0.05) is 11.6 Å². The summed E-state index contributed by atoms with van der Waals surface area (Å²) in [6.45, 7) is 7.23. The summed E-state index contributed by atoms with van der Waals surface area (Å²) in [5, 5.41) is 3.14. The van der Waals surface area contributed by atoms with Gasteiger partial charge in [-0.25, -0.2) is 9.97 Å². The maximum atomic E-state index is 12.5. The van der Waals surface area contributed by atoms with Crippen LogP contribution in [0.2, 0.25) is 5.02 Å². The van der Waals surface area contributed by atoms with Crippen LogP contribution in [-0.4, -0.2) is 42.2 Å². The fourth-order valence-electron chi connectivity index (χ4n) is 2.55. The average Bonchev–Trinajstić information content (AvgIpc) is 2.91. The van der Waals surface area contributed by atoms with Crippen LogP contribution in [0.15, 0.2) is 12.3 Å². The number of amides is 1. The van der Waals surface area contributed by atoms with Gasteiger partial charge in [0.05, 0.1) is 24.4 Å². The highest BCUT2D eigenvalue weighted by Crippen LogP contribution is 2.21. The summed E-state index contributed by atoms with van der Waals surface area (Å²) < 4.78 is 5.32. The molecule has 6 nitrogen and oxygen atoms in total. The van der Waals surface area contributed by atoms with Crippen molar-refractivity contribution in [2.24, 2.45) is 0 Å². The second-order valence-corrected chi connectivity index (χ2v) is 7.45. The van der Waals surface area contributed by atoms with Crippen LogP contribution < -0.4 is 10.2 Å². The second kappa shape index (κ2) is 7.46. The van der Waals surface area contributed by atoms with Crippen molar-refractivity contribution in [1.82, 2.24) is 15.3 Å². The van der Waals surface area contributed by atoms with Gasteiger partial charge in [-0.3, -0.25) is 4.79 Å². The van der Waals surface area contributed by atoms with E-state index in [9.17, 15) is 4.79 Å². The Labute approximate surface area is 149 Å². The van der Waals surface area contributed by atoms with Crippen molar-refractivity contribution in [1.29, 1.82) is 0 Å². The number of halogens is 1. The van der Waals surface area contributed by atoms with Crippen LogP contribution in [0.1, 0.15) is 25.8 Å². The molecule has 24 heavy (non-hydrogen) atoms. The highest BCUT2D eigenvalue weighted by molar-refractivity contribution is 7.12. The third kappa shape index (κ3) is 3.85. The molecular weight excluding hydrogens is 348 g/mol. The molecule has 1 N–H and O–H groups in total. The lowest BCUT2D eigenvalue weighted by Crippen LogP contribution is -2.37. The molecule has 2 aromatic rings. The summed E-state index contributed by atoms with van der Waals surface area (Å²) in [5.41, 5.74) is 1.32. The summed E-state index contributed by atoms with van der Waals surface area (Å²) in [4.78, 5) is 25.5. The van der Waals surface area contributed by atoms with Gasteiger partial charge in [0.15, 0.2) is 5.69 Å². The number of anilines is 1. The summed E-state index contributed by atoms with van der Waals surface area (Å²) in [5.74, 6) is 0.218. The number of hydrogen-bond acceptors (Lipinski definition) is 6. The van der Waals surface area contributed by atoms with Gasteiger partial charge < -0.3 is 15.0 Å². The van der Waals surface area contributed by atoms with Gasteiger partial charge in [-0.15, -0.1) is 11.3 Å². The van der Waals surface area contributed by atoms with Gasteiger partial charge in [0.1, 0.15) is 0 Å². The van der Waals surface area contributed by atoms with Crippen LogP contribution in [0, 0.1) is 13.8 Å². The van der Waals surface area contributed by atoms with E-state index in [0.717, 1.165) is 5.56 Å². The SMILES string of the molecule is Cc1cc(CNC(=O)c2nc(N3CCOCC3)ncc2Cl)c(C)s1. The van der Waals surface area contributed by atoms with E-state index in [2.05, 4.69) is 28.3 Å². The maximum Gasteiger partial charge on any atom is 0.271 e. The van der Waals surface area contributed by atoms with Crippen LogP contribution >= 0.6 is 22.9 Å². The van der Waals surface area contributed by atoms with Gasteiger partial charge in [-0.2, -0.15) is 0 Å². The van der Waals surface area contributed by atoms with Crippen molar-refractivity contribution >= 4 is 34.8 Å². The zero-order valence-electron chi connectivity index (χ0n) is 13.6. The summed E-state index contributed by atoms with van der Waals surface area (Å²) >= 11 is 7.84. The zero-order valence-corrected chi connectivity index (χ0v) is 15.2. The van der Waals surface area contributed by atoms with Crippen molar-refractivity contribution in [3.8, 4) is 0 Å². The number of rotatable bonds is 4. The molecule has 0 saturated carbocycles. The Morgan fingerprint density at radius 1 is 1.42 bits per heavy atom. The number of aromatic nitrogens is 2. The third-order valence-electron chi connectivity index (χ3n) is 3.82. The van der Waals surface area contributed by atoms with Crippen molar-refractivity contribution in [2.75, 3.05) is 31.2 Å². The quantitative estimate of drug-likeness (QED) is 0.900. The van der Waals surface area contributed by atoms with Crippen molar-refractivity contribution < 1.29 is 9.53 Å². The number of morpholine rings is 1. The molecule has 0 aliphatic carbocycles. The first-order chi connectivity index (χ1) is 11.5. The molecule has 0 unspecified atom stereocenters.